The second kappa shape index (κ2) is 6.58. The van der Waals surface area contributed by atoms with Gasteiger partial charge in [0.25, 0.3) is 0 Å². The second-order valence-electron chi connectivity index (χ2n) is 5.87. The zero-order chi connectivity index (χ0) is 17.3. The minimum atomic E-state index is -3.76. The van der Waals surface area contributed by atoms with E-state index < -0.39 is 15.8 Å². The van der Waals surface area contributed by atoms with E-state index in [9.17, 15) is 17.2 Å². The van der Waals surface area contributed by atoms with E-state index in [0.29, 0.717) is 13.1 Å². The van der Waals surface area contributed by atoms with Crippen molar-refractivity contribution in [1.29, 1.82) is 0 Å². The molecule has 1 fully saturated rings. The average molecular weight is 352 g/mol. The van der Waals surface area contributed by atoms with Crippen molar-refractivity contribution in [3.05, 3.63) is 65.7 Å². The summed E-state index contributed by atoms with van der Waals surface area (Å²) >= 11 is 0. The van der Waals surface area contributed by atoms with Gasteiger partial charge in [-0.25, -0.2) is 17.2 Å². The fourth-order valence-corrected chi connectivity index (χ4v) is 4.36. The fraction of sp³-hybridized carbons (Fsp3) is 0.294. The summed E-state index contributed by atoms with van der Waals surface area (Å²) in [4.78, 5) is 1.98. The maximum atomic E-state index is 13.4. The van der Waals surface area contributed by atoms with Crippen molar-refractivity contribution < 1.29 is 17.2 Å². The topological polar surface area (TPSA) is 40.6 Å². The molecule has 24 heavy (non-hydrogen) atoms. The van der Waals surface area contributed by atoms with Gasteiger partial charge in [-0.05, 0) is 42.9 Å². The molecule has 0 spiro atoms. The van der Waals surface area contributed by atoms with Crippen LogP contribution in [-0.4, -0.2) is 44.3 Å². The van der Waals surface area contributed by atoms with Crippen LogP contribution < -0.4 is 0 Å². The van der Waals surface area contributed by atoms with Gasteiger partial charge in [-0.15, -0.1) is 0 Å². The number of rotatable bonds is 3. The molecule has 7 heteroatoms. The van der Waals surface area contributed by atoms with Crippen LogP contribution in [0.4, 0.5) is 8.78 Å². The van der Waals surface area contributed by atoms with Crippen molar-refractivity contribution in [3.8, 4) is 0 Å². The van der Waals surface area contributed by atoms with E-state index in [2.05, 4.69) is 0 Å². The Morgan fingerprint density at radius 1 is 1.00 bits per heavy atom. The number of hydrogen-bond donors (Lipinski definition) is 0. The van der Waals surface area contributed by atoms with E-state index in [1.165, 1.54) is 34.6 Å². The highest BCUT2D eigenvalue weighted by Gasteiger charge is 2.33. The van der Waals surface area contributed by atoms with Gasteiger partial charge in [0.2, 0.25) is 10.0 Å². The van der Waals surface area contributed by atoms with E-state index in [-0.39, 0.29) is 23.3 Å². The van der Waals surface area contributed by atoms with Gasteiger partial charge in [0, 0.05) is 25.7 Å². The van der Waals surface area contributed by atoms with Crippen LogP contribution in [0.1, 0.15) is 11.6 Å². The summed E-state index contributed by atoms with van der Waals surface area (Å²) in [6, 6.07) is 10.9. The van der Waals surface area contributed by atoms with Crippen LogP contribution in [-0.2, 0) is 10.0 Å². The number of halogens is 2. The lowest BCUT2D eigenvalue weighted by Crippen LogP contribution is -2.48. The van der Waals surface area contributed by atoms with Gasteiger partial charge in [-0.1, -0.05) is 18.2 Å². The summed E-state index contributed by atoms with van der Waals surface area (Å²) in [5, 5.41) is 0. The van der Waals surface area contributed by atoms with Gasteiger partial charge in [-0.3, -0.25) is 4.90 Å². The Morgan fingerprint density at radius 2 is 1.71 bits per heavy atom. The van der Waals surface area contributed by atoms with Crippen molar-refractivity contribution in [2.24, 2.45) is 0 Å². The maximum Gasteiger partial charge on any atom is 0.243 e. The molecular formula is C17H18F2N2O2S. The smallest absolute Gasteiger partial charge is 0.243 e. The first-order valence-electron chi connectivity index (χ1n) is 7.59. The van der Waals surface area contributed by atoms with Crippen LogP contribution in [0.15, 0.2) is 53.4 Å². The molecule has 0 unspecified atom stereocenters. The lowest BCUT2D eigenvalue weighted by molar-refractivity contribution is 0.148. The molecule has 2 aromatic rings. The van der Waals surface area contributed by atoms with Gasteiger partial charge in [-0.2, -0.15) is 4.31 Å². The third-order valence-electron chi connectivity index (χ3n) is 4.30. The summed E-state index contributed by atoms with van der Waals surface area (Å²) in [6.45, 7) is 1.10. The molecule has 0 aliphatic carbocycles. The summed E-state index contributed by atoms with van der Waals surface area (Å²) in [6.07, 6.45) is 0. The third-order valence-corrected chi connectivity index (χ3v) is 6.16. The lowest BCUT2D eigenvalue weighted by atomic mass is 10.0. The van der Waals surface area contributed by atoms with Crippen molar-refractivity contribution in [2.75, 3.05) is 26.7 Å². The molecule has 0 saturated carbocycles. The number of benzene rings is 2. The monoisotopic (exact) mass is 352 g/mol. The first-order valence-corrected chi connectivity index (χ1v) is 9.03. The first-order chi connectivity index (χ1) is 11.4. The molecule has 1 atom stereocenters. The molecule has 0 aromatic heterocycles. The van der Waals surface area contributed by atoms with Crippen LogP contribution in [0.25, 0.3) is 0 Å². The minimum Gasteiger partial charge on any atom is -0.297 e. The molecule has 0 radical (unpaired) electrons. The molecule has 4 nitrogen and oxygen atoms in total. The highest BCUT2D eigenvalue weighted by atomic mass is 32.2. The Kier molecular flexibility index (Phi) is 4.67. The van der Waals surface area contributed by atoms with Gasteiger partial charge >= 0.3 is 0 Å². The van der Waals surface area contributed by atoms with E-state index in [1.54, 1.807) is 12.1 Å². The quantitative estimate of drug-likeness (QED) is 0.853. The Labute approximate surface area is 140 Å². The molecule has 2 aromatic carbocycles. The number of nitrogens with zero attached hydrogens (tertiary/aromatic N) is 2. The van der Waals surface area contributed by atoms with Crippen molar-refractivity contribution in [3.63, 3.8) is 0 Å². The summed E-state index contributed by atoms with van der Waals surface area (Å²) < 4.78 is 53.4. The van der Waals surface area contributed by atoms with E-state index in [0.717, 1.165) is 11.6 Å². The molecule has 1 aliphatic rings. The SMILES string of the molecule is CN1CCN(S(=O)(=O)c2cccc(F)c2)C[C@H]1c1ccc(F)cc1. The van der Waals surface area contributed by atoms with Crippen molar-refractivity contribution >= 4 is 10.0 Å². The Hall–Kier alpha value is -1.83. The Bertz CT molecular complexity index is 825. The molecule has 1 aliphatic heterocycles. The van der Waals surface area contributed by atoms with E-state index in [1.807, 2.05) is 11.9 Å². The predicted molar refractivity (Wildman–Crippen MR) is 86.9 cm³/mol. The van der Waals surface area contributed by atoms with Crippen molar-refractivity contribution in [2.45, 2.75) is 10.9 Å². The van der Waals surface area contributed by atoms with Crippen molar-refractivity contribution in [1.82, 2.24) is 9.21 Å². The summed E-state index contributed by atoms with van der Waals surface area (Å²) in [5.74, 6) is -0.915. The summed E-state index contributed by atoms with van der Waals surface area (Å²) in [5.41, 5.74) is 0.845. The molecular weight excluding hydrogens is 334 g/mol. The summed E-state index contributed by atoms with van der Waals surface area (Å²) in [7, 11) is -1.86. The molecule has 0 N–H and O–H groups in total. The Morgan fingerprint density at radius 3 is 2.38 bits per heavy atom. The van der Waals surface area contributed by atoms with Crippen LogP contribution in [0.5, 0.6) is 0 Å². The largest absolute Gasteiger partial charge is 0.297 e. The normalized spacial score (nSPS) is 20.2. The maximum absolute atomic E-state index is 13.4. The predicted octanol–water partition coefficient (Wildman–Crippen LogP) is 2.64. The van der Waals surface area contributed by atoms with Gasteiger partial charge in [0.1, 0.15) is 11.6 Å². The van der Waals surface area contributed by atoms with Crippen LogP contribution >= 0.6 is 0 Å². The zero-order valence-corrected chi connectivity index (χ0v) is 14.0. The zero-order valence-electron chi connectivity index (χ0n) is 13.2. The average Bonchev–Trinajstić information content (AvgIpc) is 2.56. The molecule has 3 rings (SSSR count). The number of likely N-dealkylation sites (N-methyl/N-ethyl adjacent to an activating group) is 1. The molecule has 128 valence electrons. The first kappa shape index (κ1) is 17.0. The van der Waals surface area contributed by atoms with Crippen LogP contribution in [0.3, 0.4) is 0 Å². The minimum absolute atomic E-state index is 0.0510. The van der Waals surface area contributed by atoms with Crippen LogP contribution in [0.2, 0.25) is 0 Å². The number of piperazine rings is 1. The van der Waals surface area contributed by atoms with Gasteiger partial charge in [0.15, 0.2) is 0 Å². The third kappa shape index (κ3) is 3.33. The highest BCUT2D eigenvalue weighted by Crippen LogP contribution is 2.28. The molecule has 1 heterocycles. The Balaban J connectivity index is 1.88. The van der Waals surface area contributed by atoms with Crippen LogP contribution in [0, 0.1) is 11.6 Å². The number of hydrogen-bond acceptors (Lipinski definition) is 3. The standard InChI is InChI=1S/C17H18F2N2O2S/c1-20-9-10-21(12-17(20)13-5-7-14(18)8-6-13)24(22,23)16-4-2-3-15(19)11-16/h2-8,11,17H,9-10,12H2,1H3/t17-/m0/s1. The molecule has 0 bridgehead atoms. The highest BCUT2D eigenvalue weighted by molar-refractivity contribution is 7.89. The second-order valence-corrected chi connectivity index (χ2v) is 7.81. The molecule has 1 saturated heterocycles. The van der Waals surface area contributed by atoms with E-state index in [4.69, 9.17) is 0 Å². The molecule has 0 amide bonds. The van der Waals surface area contributed by atoms with Gasteiger partial charge < -0.3 is 0 Å². The fourth-order valence-electron chi connectivity index (χ4n) is 2.89. The van der Waals surface area contributed by atoms with Gasteiger partial charge in [0.05, 0.1) is 4.90 Å². The van der Waals surface area contributed by atoms with E-state index >= 15 is 0 Å². The lowest BCUT2D eigenvalue weighted by Gasteiger charge is -2.39. The number of sulfonamides is 1.